The first-order chi connectivity index (χ1) is 14.0. The van der Waals surface area contributed by atoms with Gasteiger partial charge >= 0.3 is 6.03 Å². The molecule has 1 N–H and O–H groups in total. The van der Waals surface area contributed by atoms with Gasteiger partial charge in [-0.15, -0.1) is 0 Å². The lowest BCUT2D eigenvalue weighted by Gasteiger charge is -2.33. The third kappa shape index (κ3) is 3.16. The zero-order valence-corrected chi connectivity index (χ0v) is 16.2. The Bertz CT molecular complexity index is 976. The molecule has 1 saturated heterocycles. The Kier molecular flexibility index (Phi) is 4.82. The Balaban J connectivity index is 1.59. The molecule has 4 rings (SSSR count). The highest BCUT2D eigenvalue weighted by Crippen LogP contribution is 2.39. The van der Waals surface area contributed by atoms with E-state index in [0.29, 0.717) is 18.7 Å². The zero-order valence-electron chi connectivity index (χ0n) is 16.2. The molecule has 7 heteroatoms. The minimum atomic E-state index is -1.10. The SMILES string of the molecule is CCN(C(=O)CN1C(=O)NC2(CCCc3ccccc32)C1=O)c1ccc(F)cc1. The van der Waals surface area contributed by atoms with Crippen molar-refractivity contribution in [3.8, 4) is 0 Å². The van der Waals surface area contributed by atoms with Crippen LogP contribution >= 0.6 is 0 Å². The van der Waals surface area contributed by atoms with Crippen LogP contribution in [0, 0.1) is 5.82 Å². The predicted octanol–water partition coefficient (Wildman–Crippen LogP) is 2.96. The quantitative estimate of drug-likeness (QED) is 0.810. The van der Waals surface area contributed by atoms with Gasteiger partial charge in [-0.3, -0.25) is 14.5 Å². The van der Waals surface area contributed by atoms with Crippen molar-refractivity contribution >= 4 is 23.5 Å². The van der Waals surface area contributed by atoms with Gasteiger partial charge in [0, 0.05) is 12.2 Å². The number of aryl methyl sites for hydroxylation is 1. The van der Waals surface area contributed by atoms with Gasteiger partial charge in [0.05, 0.1) is 0 Å². The molecule has 1 atom stereocenters. The largest absolute Gasteiger partial charge is 0.325 e. The topological polar surface area (TPSA) is 69.7 Å². The smallest absolute Gasteiger partial charge is 0.319 e. The number of carbonyl (C=O) groups excluding carboxylic acids is 3. The van der Waals surface area contributed by atoms with E-state index in [9.17, 15) is 18.8 Å². The molecule has 2 aliphatic rings. The van der Waals surface area contributed by atoms with Gasteiger partial charge in [0.15, 0.2) is 0 Å². The molecule has 1 spiro atoms. The van der Waals surface area contributed by atoms with Crippen molar-refractivity contribution in [1.82, 2.24) is 10.2 Å². The van der Waals surface area contributed by atoms with Crippen LogP contribution in [0.3, 0.4) is 0 Å². The molecule has 29 heavy (non-hydrogen) atoms. The minimum absolute atomic E-state index is 0.335. The maximum Gasteiger partial charge on any atom is 0.325 e. The Labute approximate surface area is 168 Å². The summed E-state index contributed by atoms with van der Waals surface area (Å²) in [7, 11) is 0. The Morgan fingerprint density at radius 3 is 2.62 bits per heavy atom. The summed E-state index contributed by atoms with van der Waals surface area (Å²) in [4.78, 5) is 41.3. The number of nitrogens with zero attached hydrogens (tertiary/aromatic N) is 2. The van der Waals surface area contributed by atoms with Crippen molar-refractivity contribution in [2.45, 2.75) is 31.7 Å². The van der Waals surface area contributed by atoms with Gasteiger partial charge in [0.2, 0.25) is 5.91 Å². The molecule has 1 fully saturated rings. The lowest BCUT2D eigenvalue weighted by Crippen LogP contribution is -2.47. The van der Waals surface area contributed by atoms with Crippen LogP contribution < -0.4 is 10.2 Å². The number of urea groups is 1. The van der Waals surface area contributed by atoms with E-state index in [1.54, 1.807) is 6.92 Å². The van der Waals surface area contributed by atoms with Crippen LogP contribution in [0.5, 0.6) is 0 Å². The summed E-state index contributed by atoms with van der Waals surface area (Å²) < 4.78 is 13.2. The van der Waals surface area contributed by atoms with Crippen LogP contribution in [0.15, 0.2) is 48.5 Å². The molecular formula is C22H22FN3O3. The van der Waals surface area contributed by atoms with Gasteiger partial charge in [0.1, 0.15) is 17.9 Å². The normalized spacial score (nSPS) is 20.6. The second-order valence-electron chi connectivity index (χ2n) is 7.35. The Hall–Kier alpha value is -3.22. The van der Waals surface area contributed by atoms with Crippen molar-refractivity contribution in [3.05, 3.63) is 65.5 Å². The van der Waals surface area contributed by atoms with Gasteiger partial charge < -0.3 is 10.2 Å². The summed E-state index contributed by atoms with van der Waals surface area (Å²) in [6, 6.07) is 12.6. The first kappa shape index (κ1) is 19.1. The van der Waals surface area contributed by atoms with Crippen molar-refractivity contribution in [3.63, 3.8) is 0 Å². The van der Waals surface area contributed by atoms with Crippen LogP contribution in [0.4, 0.5) is 14.9 Å². The van der Waals surface area contributed by atoms with Crippen molar-refractivity contribution < 1.29 is 18.8 Å². The molecular weight excluding hydrogens is 373 g/mol. The molecule has 4 amide bonds. The molecule has 0 bridgehead atoms. The number of fused-ring (bicyclic) bond motifs is 2. The van der Waals surface area contributed by atoms with E-state index in [1.165, 1.54) is 29.2 Å². The summed E-state index contributed by atoms with van der Waals surface area (Å²) in [6.45, 7) is 1.76. The van der Waals surface area contributed by atoms with E-state index in [4.69, 9.17) is 0 Å². The Morgan fingerprint density at radius 2 is 1.90 bits per heavy atom. The average Bonchev–Trinajstić information content (AvgIpc) is 2.95. The number of anilines is 1. The van der Waals surface area contributed by atoms with Gasteiger partial charge in [-0.05, 0) is 61.6 Å². The van der Waals surface area contributed by atoms with E-state index >= 15 is 0 Å². The fraction of sp³-hybridized carbons (Fsp3) is 0.318. The molecule has 2 aromatic rings. The third-order valence-electron chi connectivity index (χ3n) is 5.70. The summed E-state index contributed by atoms with van der Waals surface area (Å²) in [6.07, 6.45) is 2.14. The number of hydrogen-bond donors (Lipinski definition) is 1. The molecule has 150 valence electrons. The highest BCUT2D eigenvalue weighted by molar-refractivity contribution is 6.11. The van der Waals surface area contributed by atoms with Crippen molar-refractivity contribution in [2.75, 3.05) is 18.0 Å². The number of halogens is 1. The average molecular weight is 395 g/mol. The molecule has 0 aromatic heterocycles. The first-order valence-corrected chi connectivity index (χ1v) is 9.74. The highest BCUT2D eigenvalue weighted by Gasteiger charge is 2.54. The monoisotopic (exact) mass is 395 g/mol. The van der Waals surface area contributed by atoms with E-state index in [1.807, 2.05) is 24.3 Å². The van der Waals surface area contributed by atoms with Crippen LogP contribution in [0.25, 0.3) is 0 Å². The molecule has 1 aliphatic heterocycles. The second kappa shape index (κ2) is 7.31. The molecule has 1 heterocycles. The van der Waals surface area contributed by atoms with Crippen molar-refractivity contribution in [1.29, 1.82) is 0 Å². The van der Waals surface area contributed by atoms with Crippen molar-refractivity contribution in [2.24, 2.45) is 0 Å². The van der Waals surface area contributed by atoms with Crippen LogP contribution in [0.2, 0.25) is 0 Å². The Morgan fingerprint density at radius 1 is 1.17 bits per heavy atom. The molecule has 1 unspecified atom stereocenters. The predicted molar refractivity (Wildman–Crippen MR) is 106 cm³/mol. The van der Waals surface area contributed by atoms with Gasteiger partial charge in [-0.2, -0.15) is 0 Å². The second-order valence-corrected chi connectivity index (χ2v) is 7.35. The summed E-state index contributed by atoms with van der Waals surface area (Å²) >= 11 is 0. The number of hydrogen-bond acceptors (Lipinski definition) is 3. The number of nitrogens with one attached hydrogen (secondary N) is 1. The van der Waals surface area contributed by atoms with Gasteiger partial charge in [-0.25, -0.2) is 9.18 Å². The lowest BCUT2D eigenvalue weighted by molar-refractivity contribution is -0.135. The number of rotatable bonds is 4. The maximum absolute atomic E-state index is 13.3. The number of carbonyl (C=O) groups is 3. The van der Waals surface area contributed by atoms with E-state index in [-0.39, 0.29) is 6.54 Å². The maximum atomic E-state index is 13.3. The van der Waals surface area contributed by atoms with Crippen LogP contribution in [-0.2, 0) is 21.5 Å². The van der Waals surface area contributed by atoms with E-state index in [2.05, 4.69) is 5.32 Å². The summed E-state index contributed by atoms with van der Waals surface area (Å²) in [5.41, 5.74) is 1.27. The molecule has 0 radical (unpaired) electrons. The molecule has 1 aliphatic carbocycles. The van der Waals surface area contributed by atoms with E-state index < -0.39 is 29.2 Å². The van der Waals surface area contributed by atoms with E-state index in [0.717, 1.165) is 28.9 Å². The third-order valence-corrected chi connectivity index (χ3v) is 5.70. The van der Waals surface area contributed by atoms with Gasteiger partial charge in [-0.1, -0.05) is 24.3 Å². The van der Waals surface area contributed by atoms with Crippen LogP contribution in [-0.4, -0.2) is 35.8 Å². The number of benzene rings is 2. The number of likely N-dealkylation sites (N-methyl/N-ethyl adjacent to an activating group) is 1. The fourth-order valence-corrected chi connectivity index (χ4v) is 4.30. The van der Waals surface area contributed by atoms with Gasteiger partial charge in [0.25, 0.3) is 5.91 Å². The fourth-order valence-electron chi connectivity index (χ4n) is 4.30. The summed E-state index contributed by atoms with van der Waals surface area (Å²) in [5.74, 6) is -1.19. The number of amides is 4. The highest BCUT2D eigenvalue weighted by atomic mass is 19.1. The molecule has 0 saturated carbocycles. The minimum Gasteiger partial charge on any atom is -0.319 e. The molecule has 2 aromatic carbocycles. The lowest BCUT2D eigenvalue weighted by atomic mass is 9.76. The summed E-state index contributed by atoms with van der Waals surface area (Å²) in [5, 5.41) is 2.85. The molecule has 6 nitrogen and oxygen atoms in total. The van der Waals surface area contributed by atoms with Crippen LogP contribution in [0.1, 0.15) is 30.9 Å². The number of imide groups is 1. The standard InChI is InChI=1S/C22H22FN3O3/c1-2-25(17-11-9-16(23)10-12-17)19(27)14-26-20(28)22(24-21(26)29)13-5-7-15-6-3-4-8-18(15)22/h3-4,6,8-12H,2,5,7,13-14H2,1H3,(H,24,29). The first-order valence-electron chi connectivity index (χ1n) is 9.74. The zero-order chi connectivity index (χ0) is 20.6.